The molecule has 0 atom stereocenters. The van der Waals surface area contributed by atoms with Gasteiger partial charge in [-0.05, 0) is 18.2 Å². The zero-order chi connectivity index (χ0) is 14.5. The van der Waals surface area contributed by atoms with Crippen molar-refractivity contribution in [1.29, 1.82) is 5.26 Å². The molecule has 1 aromatic heterocycles. The minimum atomic E-state index is -0.114. The van der Waals surface area contributed by atoms with E-state index in [1.807, 2.05) is 13.1 Å². The van der Waals surface area contributed by atoms with E-state index in [1.165, 1.54) is 7.11 Å². The number of benzene rings is 1. The van der Waals surface area contributed by atoms with Crippen LogP contribution in [0.3, 0.4) is 0 Å². The predicted octanol–water partition coefficient (Wildman–Crippen LogP) is 2.17. The van der Waals surface area contributed by atoms with Crippen molar-refractivity contribution < 1.29 is 14.3 Å². The van der Waals surface area contributed by atoms with Gasteiger partial charge in [0.15, 0.2) is 18.1 Å². The Morgan fingerprint density at radius 3 is 2.75 bits per heavy atom. The van der Waals surface area contributed by atoms with Crippen molar-refractivity contribution in [2.45, 2.75) is 0 Å². The van der Waals surface area contributed by atoms with Crippen molar-refractivity contribution in [3.8, 4) is 17.6 Å². The summed E-state index contributed by atoms with van der Waals surface area (Å²) >= 11 is 0. The van der Waals surface area contributed by atoms with Crippen molar-refractivity contribution in [1.82, 2.24) is 4.57 Å². The van der Waals surface area contributed by atoms with Crippen LogP contribution < -0.4 is 9.47 Å². The summed E-state index contributed by atoms with van der Waals surface area (Å²) in [5, 5.41) is 8.81. The lowest BCUT2D eigenvalue weighted by Gasteiger charge is -2.09. The van der Waals surface area contributed by atoms with Crippen LogP contribution in [0.5, 0.6) is 11.5 Å². The Bertz CT molecular complexity index is 668. The molecule has 1 heterocycles. The Kier molecular flexibility index (Phi) is 4.06. The van der Waals surface area contributed by atoms with Crippen molar-refractivity contribution in [2.75, 3.05) is 13.7 Å². The van der Waals surface area contributed by atoms with Crippen molar-refractivity contribution in [3.05, 3.63) is 47.8 Å². The summed E-state index contributed by atoms with van der Waals surface area (Å²) < 4.78 is 12.4. The maximum atomic E-state index is 11.9. The number of Topliss-reactive ketones (excluding diaryl/α,β-unsaturated/α-hetero) is 1. The fourth-order valence-corrected chi connectivity index (χ4v) is 1.75. The zero-order valence-electron chi connectivity index (χ0n) is 11.3. The summed E-state index contributed by atoms with van der Waals surface area (Å²) in [5.74, 6) is 0.762. The molecule has 0 aliphatic carbocycles. The van der Waals surface area contributed by atoms with Gasteiger partial charge in [-0.3, -0.25) is 4.79 Å². The first kappa shape index (κ1) is 13.7. The monoisotopic (exact) mass is 270 g/mol. The second kappa shape index (κ2) is 5.93. The van der Waals surface area contributed by atoms with Gasteiger partial charge in [-0.1, -0.05) is 0 Å². The normalized spacial score (nSPS) is 9.85. The Balaban J connectivity index is 2.07. The summed E-state index contributed by atoms with van der Waals surface area (Å²) in [7, 11) is 3.34. The van der Waals surface area contributed by atoms with Gasteiger partial charge in [0, 0.05) is 31.1 Å². The predicted molar refractivity (Wildman–Crippen MR) is 72.9 cm³/mol. The zero-order valence-corrected chi connectivity index (χ0v) is 11.3. The van der Waals surface area contributed by atoms with Gasteiger partial charge in [-0.25, -0.2) is 0 Å². The topological polar surface area (TPSA) is 64.2 Å². The third-order valence-electron chi connectivity index (χ3n) is 2.81. The van der Waals surface area contributed by atoms with E-state index in [2.05, 4.69) is 0 Å². The van der Waals surface area contributed by atoms with Gasteiger partial charge in [-0.2, -0.15) is 5.26 Å². The number of ether oxygens (including phenoxy) is 2. The van der Waals surface area contributed by atoms with Gasteiger partial charge in [0.2, 0.25) is 5.78 Å². The second-order valence-electron chi connectivity index (χ2n) is 4.25. The lowest BCUT2D eigenvalue weighted by molar-refractivity contribution is 0.0919. The Labute approximate surface area is 117 Å². The first-order chi connectivity index (χ1) is 9.63. The number of carbonyl (C=O) groups excluding carboxylic acids is 1. The number of ketones is 1. The van der Waals surface area contributed by atoms with Gasteiger partial charge >= 0.3 is 0 Å². The molecule has 5 heteroatoms. The molecule has 1 aromatic carbocycles. The van der Waals surface area contributed by atoms with Gasteiger partial charge < -0.3 is 14.0 Å². The number of aromatic nitrogens is 1. The van der Waals surface area contributed by atoms with Crippen LogP contribution in [0.15, 0.2) is 36.7 Å². The fraction of sp³-hybridized carbons (Fsp3) is 0.200. The van der Waals surface area contributed by atoms with Gasteiger partial charge in [-0.15, -0.1) is 0 Å². The first-order valence-corrected chi connectivity index (χ1v) is 6.00. The Hall–Kier alpha value is -2.74. The van der Waals surface area contributed by atoms with Crippen LogP contribution in [0.25, 0.3) is 0 Å². The molecule has 0 aliphatic heterocycles. The summed E-state index contributed by atoms with van der Waals surface area (Å²) in [4.78, 5) is 11.9. The fourth-order valence-electron chi connectivity index (χ4n) is 1.75. The first-order valence-electron chi connectivity index (χ1n) is 6.00. The molecule has 0 unspecified atom stereocenters. The molecule has 20 heavy (non-hydrogen) atoms. The molecular formula is C15H14N2O3. The van der Waals surface area contributed by atoms with E-state index in [9.17, 15) is 4.79 Å². The number of hydrogen-bond donors (Lipinski definition) is 0. The number of nitriles is 1. The van der Waals surface area contributed by atoms with Crippen LogP contribution in [-0.2, 0) is 7.05 Å². The molecule has 102 valence electrons. The van der Waals surface area contributed by atoms with Crippen LogP contribution in [0.4, 0.5) is 0 Å². The molecule has 0 amide bonds. The van der Waals surface area contributed by atoms with E-state index in [0.29, 0.717) is 22.6 Å². The molecule has 2 aromatic rings. The molecule has 0 N–H and O–H groups in total. The third kappa shape index (κ3) is 2.98. The van der Waals surface area contributed by atoms with Crippen LogP contribution in [0, 0.1) is 11.3 Å². The molecule has 0 spiro atoms. The highest BCUT2D eigenvalue weighted by molar-refractivity contribution is 5.97. The minimum absolute atomic E-state index is 0.0771. The van der Waals surface area contributed by atoms with Crippen molar-refractivity contribution >= 4 is 5.78 Å². The lowest BCUT2D eigenvalue weighted by Crippen LogP contribution is -2.11. The highest BCUT2D eigenvalue weighted by Crippen LogP contribution is 2.27. The number of nitrogens with zero attached hydrogens (tertiary/aromatic N) is 2. The summed E-state index contributed by atoms with van der Waals surface area (Å²) in [6, 6.07) is 8.56. The summed E-state index contributed by atoms with van der Waals surface area (Å²) in [6.07, 6.45) is 3.54. The maximum Gasteiger partial charge on any atom is 0.201 e. The standard InChI is InChI=1S/C15H14N2O3/c1-17-6-5-12(9-17)13(18)10-20-14-4-3-11(8-16)7-15(14)19-2/h3-7,9H,10H2,1-2H3. The van der Waals surface area contributed by atoms with E-state index in [-0.39, 0.29) is 12.4 Å². The maximum absolute atomic E-state index is 11.9. The number of carbonyl (C=O) groups is 1. The molecule has 5 nitrogen and oxygen atoms in total. The average molecular weight is 270 g/mol. The largest absolute Gasteiger partial charge is 0.493 e. The van der Waals surface area contributed by atoms with Gasteiger partial charge in [0.05, 0.1) is 18.7 Å². The molecule has 0 radical (unpaired) electrons. The quantitative estimate of drug-likeness (QED) is 0.781. The highest BCUT2D eigenvalue weighted by atomic mass is 16.5. The van der Waals surface area contributed by atoms with Crippen LogP contribution in [0.2, 0.25) is 0 Å². The van der Waals surface area contributed by atoms with E-state index >= 15 is 0 Å². The molecular weight excluding hydrogens is 256 g/mol. The van der Waals surface area contributed by atoms with Crippen molar-refractivity contribution in [3.63, 3.8) is 0 Å². The van der Waals surface area contributed by atoms with E-state index in [1.54, 1.807) is 41.2 Å². The van der Waals surface area contributed by atoms with Crippen LogP contribution in [0.1, 0.15) is 15.9 Å². The van der Waals surface area contributed by atoms with Crippen LogP contribution in [-0.4, -0.2) is 24.1 Å². The average Bonchev–Trinajstić information content (AvgIpc) is 2.91. The lowest BCUT2D eigenvalue weighted by atomic mass is 10.2. The Morgan fingerprint density at radius 1 is 1.35 bits per heavy atom. The number of rotatable bonds is 5. The third-order valence-corrected chi connectivity index (χ3v) is 2.81. The van der Waals surface area contributed by atoms with E-state index in [0.717, 1.165) is 0 Å². The smallest absolute Gasteiger partial charge is 0.201 e. The molecule has 0 saturated carbocycles. The molecule has 0 saturated heterocycles. The number of aryl methyl sites for hydroxylation is 1. The van der Waals surface area contributed by atoms with E-state index in [4.69, 9.17) is 14.7 Å². The minimum Gasteiger partial charge on any atom is -0.493 e. The Morgan fingerprint density at radius 2 is 2.15 bits per heavy atom. The van der Waals surface area contributed by atoms with Crippen molar-refractivity contribution in [2.24, 2.45) is 7.05 Å². The van der Waals surface area contributed by atoms with E-state index < -0.39 is 0 Å². The number of hydrogen-bond acceptors (Lipinski definition) is 4. The molecule has 2 rings (SSSR count). The molecule has 0 aliphatic rings. The number of methoxy groups -OCH3 is 1. The summed E-state index contributed by atoms with van der Waals surface area (Å²) in [5.41, 5.74) is 1.07. The molecule has 0 bridgehead atoms. The SMILES string of the molecule is COc1cc(C#N)ccc1OCC(=O)c1ccn(C)c1. The summed E-state index contributed by atoms with van der Waals surface area (Å²) in [6.45, 7) is -0.0771. The van der Waals surface area contributed by atoms with Crippen LogP contribution >= 0.6 is 0 Å². The van der Waals surface area contributed by atoms with Gasteiger partial charge in [0.25, 0.3) is 0 Å². The second-order valence-corrected chi connectivity index (χ2v) is 4.25. The van der Waals surface area contributed by atoms with Gasteiger partial charge in [0.1, 0.15) is 0 Å². The highest BCUT2D eigenvalue weighted by Gasteiger charge is 2.11. The molecule has 0 fully saturated rings.